The van der Waals surface area contributed by atoms with Crippen LogP contribution in [-0.2, 0) is 4.79 Å². The van der Waals surface area contributed by atoms with Crippen molar-refractivity contribution in [3.05, 3.63) is 35.9 Å². The molecule has 28 heavy (non-hydrogen) atoms. The van der Waals surface area contributed by atoms with Crippen molar-refractivity contribution in [2.24, 2.45) is 0 Å². The van der Waals surface area contributed by atoms with Crippen LogP contribution in [0.3, 0.4) is 0 Å². The van der Waals surface area contributed by atoms with Crippen molar-refractivity contribution >= 4 is 35.6 Å². The van der Waals surface area contributed by atoms with Crippen LogP contribution in [0.4, 0.5) is 15.9 Å². The number of carbonyl (C=O) groups is 2. The van der Waals surface area contributed by atoms with Gasteiger partial charge in [-0.15, -0.1) is 6.58 Å². The Labute approximate surface area is 163 Å². The Hall–Kier alpha value is -3.23. The van der Waals surface area contributed by atoms with Gasteiger partial charge in [0.1, 0.15) is 0 Å². The third-order valence-corrected chi connectivity index (χ3v) is 4.42. The van der Waals surface area contributed by atoms with E-state index in [9.17, 15) is 14.0 Å². The van der Waals surface area contributed by atoms with E-state index in [0.717, 1.165) is 6.21 Å². The van der Waals surface area contributed by atoms with Crippen molar-refractivity contribution in [2.75, 3.05) is 17.7 Å². The molecule has 1 aliphatic rings. The lowest BCUT2D eigenvalue weighted by Crippen LogP contribution is -2.32. The van der Waals surface area contributed by atoms with Crippen LogP contribution in [0, 0.1) is 11.2 Å². The zero-order valence-corrected chi connectivity index (χ0v) is 15.9. The van der Waals surface area contributed by atoms with Crippen LogP contribution in [0.1, 0.15) is 42.2 Å². The van der Waals surface area contributed by atoms with E-state index in [-0.39, 0.29) is 34.8 Å². The second-order valence-electron chi connectivity index (χ2n) is 6.49. The van der Waals surface area contributed by atoms with Crippen LogP contribution >= 0.6 is 0 Å². The molecule has 5 N–H and O–H groups in total. The second-order valence-corrected chi connectivity index (χ2v) is 6.49. The van der Waals surface area contributed by atoms with Gasteiger partial charge in [0.15, 0.2) is 11.6 Å². The number of fused-ring (bicyclic) bond motifs is 1. The SMILES string of the molecule is C=CC[C@H](CC[C@@H](C)NC=O)Nc1nc(/C(C=N)=C/NC)c2c(c1F)NC2=O. The summed E-state index contributed by atoms with van der Waals surface area (Å²) in [6.07, 6.45) is 6.86. The smallest absolute Gasteiger partial charge is 0.260 e. The molecule has 1 aliphatic heterocycles. The van der Waals surface area contributed by atoms with Gasteiger partial charge in [0.25, 0.3) is 5.91 Å². The number of aromatic nitrogens is 1. The molecule has 2 rings (SSSR count). The minimum Gasteiger partial charge on any atom is -0.393 e. The number of rotatable bonds is 12. The summed E-state index contributed by atoms with van der Waals surface area (Å²) in [6, 6.07) is -0.173. The van der Waals surface area contributed by atoms with Crippen LogP contribution in [-0.4, -0.2) is 42.6 Å². The molecule has 1 aromatic rings. The number of pyridine rings is 1. The molecule has 0 saturated heterocycles. The zero-order chi connectivity index (χ0) is 20.7. The van der Waals surface area contributed by atoms with Crippen molar-refractivity contribution in [1.82, 2.24) is 15.6 Å². The van der Waals surface area contributed by atoms with Crippen LogP contribution in [0.25, 0.3) is 5.57 Å². The van der Waals surface area contributed by atoms with Crippen molar-refractivity contribution in [3.63, 3.8) is 0 Å². The maximum Gasteiger partial charge on any atom is 0.260 e. The fourth-order valence-corrected chi connectivity index (χ4v) is 2.95. The van der Waals surface area contributed by atoms with Crippen LogP contribution in [0.2, 0.25) is 0 Å². The molecule has 1 aromatic heterocycles. The minimum absolute atomic E-state index is 0.000419. The van der Waals surface area contributed by atoms with Gasteiger partial charge in [-0.05, 0) is 26.2 Å². The summed E-state index contributed by atoms with van der Waals surface area (Å²) in [7, 11) is 1.66. The highest BCUT2D eigenvalue weighted by atomic mass is 19.1. The number of amides is 2. The van der Waals surface area contributed by atoms with Gasteiger partial charge < -0.3 is 26.7 Å². The Balaban J connectivity index is 2.33. The van der Waals surface area contributed by atoms with Crippen molar-refractivity contribution < 1.29 is 14.0 Å². The average Bonchev–Trinajstić information content (AvgIpc) is 2.66. The molecule has 2 atom stereocenters. The standard InChI is InChI=1S/C19H25FN6O2/c1-4-5-13(7-6-11(2)23-10-27)24-18-15(20)17-14(19(28)26-17)16(25-18)12(8-21)9-22-3/h4,8-11,13,21-22H,1,5-7H2,2-3H3,(H,23,27)(H,24,25)(H,26,28)/b12-9+,21-8?/t11-,13-/m1/s1. The zero-order valence-electron chi connectivity index (χ0n) is 15.9. The number of nitrogens with zero attached hydrogens (tertiary/aromatic N) is 1. The molecule has 8 nitrogen and oxygen atoms in total. The summed E-state index contributed by atoms with van der Waals surface area (Å²) in [4.78, 5) is 26.7. The molecule has 2 heterocycles. The molecule has 0 saturated carbocycles. The fourth-order valence-electron chi connectivity index (χ4n) is 2.95. The molecule has 0 radical (unpaired) electrons. The summed E-state index contributed by atoms with van der Waals surface area (Å²) in [5, 5.41) is 18.6. The Morgan fingerprint density at radius 2 is 2.18 bits per heavy atom. The Morgan fingerprint density at radius 3 is 2.75 bits per heavy atom. The second kappa shape index (κ2) is 9.63. The predicted molar refractivity (Wildman–Crippen MR) is 108 cm³/mol. The number of hydrogen-bond donors (Lipinski definition) is 5. The molecule has 0 unspecified atom stereocenters. The molecule has 9 heteroatoms. The lowest BCUT2D eigenvalue weighted by Gasteiger charge is -2.26. The van der Waals surface area contributed by atoms with Gasteiger partial charge in [-0.2, -0.15) is 0 Å². The highest BCUT2D eigenvalue weighted by Gasteiger charge is 2.34. The van der Waals surface area contributed by atoms with Crippen LogP contribution < -0.4 is 21.3 Å². The van der Waals surface area contributed by atoms with Crippen LogP contribution in [0.5, 0.6) is 0 Å². The summed E-state index contributed by atoms with van der Waals surface area (Å²) in [5.74, 6) is -1.07. The van der Waals surface area contributed by atoms with E-state index < -0.39 is 11.7 Å². The molecule has 0 spiro atoms. The number of carbonyl (C=O) groups excluding carboxylic acids is 2. The first-order chi connectivity index (χ1) is 13.5. The maximum atomic E-state index is 14.8. The van der Waals surface area contributed by atoms with E-state index in [4.69, 9.17) is 5.41 Å². The fraction of sp³-hybridized carbons (Fsp3) is 0.368. The van der Waals surface area contributed by atoms with Gasteiger partial charge in [0, 0.05) is 37.1 Å². The average molecular weight is 388 g/mol. The lowest BCUT2D eigenvalue weighted by molar-refractivity contribution is -0.110. The molecule has 2 amide bonds. The van der Waals surface area contributed by atoms with E-state index in [2.05, 4.69) is 32.8 Å². The number of nitrogens with one attached hydrogen (secondary N) is 5. The van der Waals surface area contributed by atoms with E-state index in [1.807, 2.05) is 6.92 Å². The summed E-state index contributed by atoms with van der Waals surface area (Å²) >= 11 is 0. The maximum absolute atomic E-state index is 14.8. The highest BCUT2D eigenvalue weighted by molar-refractivity contribution is 6.23. The van der Waals surface area contributed by atoms with Gasteiger partial charge in [0.05, 0.1) is 16.9 Å². The topological polar surface area (TPSA) is 119 Å². The predicted octanol–water partition coefficient (Wildman–Crippen LogP) is 2.27. The van der Waals surface area contributed by atoms with Gasteiger partial charge in [-0.3, -0.25) is 9.59 Å². The van der Waals surface area contributed by atoms with Gasteiger partial charge in [0.2, 0.25) is 6.41 Å². The largest absolute Gasteiger partial charge is 0.393 e. The van der Waals surface area contributed by atoms with Crippen molar-refractivity contribution in [2.45, 2.75) is 38.3 Å². The first-order valence-corrected chi connectivity index (χ1v) is 8.97. The first kappa shape index (κ1) is 21.1. The van der Waals surface area contributed by atoms with E-state index >= 15 is 0 Å². The van der Waals surface area contributed by atoms with Gasteiger partial charge >= 0.3 is 0 Å². The molecule has 150 valence electrons. The number of allylic oxidation sites excluding steroid dienone is 1. The molecule has 0 aliphatic carbocycles. The first-order valence-electron chi connectivity index (χ1n) is 8.97. The number of anilines is 2. The Kier molecular flexibility index (Phi) is 7.25. The van der Waals surface area contributed by atoms with E-state index in [1.54, 1.807) is 13.1 Å². The molecule has 0 fully saturated rings. The van der Waals surface area contributed by atoms with Gasteiger partial charge in [-0.1, -0.05) is 6.08 Å². The van der Waals surface area contributed by atoms with Crippen LogP contribution in [0.15, 0.2) is 18.9 Å². The van der Waals surface area contributed by atoms with Crippen molar-refractivity contribution in [1.29, 1.82) is 5.41 Å². The van der Waals surface area contributed by atoms with Gasteiger partial charge in [-0.25, -0.2) is 9.37 Å². The molecule has 0 aromatic carbocycles. The normalized spacial score (nSPS) is 14.7. The summed E-state index contributed by atoms with van der Waals surface area (Å²) in [5.41, 5.74) is 0.813. The molecule has 0 bridgehead atoms. The quantitative estimate of drug-likeness (QED) is 0.214. The minimum atomic E-state index is -0.639. The Bertz CT molecular complexity index is 808. The third kappa shape index (κ3) is 4.54. The lowest BCUT2D eigenvalue weighted by atomic mass is 9.98. The molecular formula is C19H25FN6O2. The van der Waals surface area contributed by atoms with E-state index in [0.29, 0.717) is 31.2 Å². The molecular weight excluding hydrogens is 363 g/mol. The monoisotopic (exact) mass is 388 g/mol. The number of halogens is 1. The third-order valence-electron chi connectivity index (χ3n) is 4.42. The Morgan fingerprint density at radius 1 is 1.43 bits per heavy atom. The summed E-state index contributed by atoms with van der Waals surface area (Å²) in [6.45, 7) is 5.62. The number of hydrogen-bond acceptors (Lipinski definition) is 6. The van der Waals surface area contributed by atoms with Crippen molar-refractivity contribution in [3.8, 4) is 0 Å². The van der Waals surface area contributed by atoms with E-state index in [1.165, 1.54) is 6.20 Å². The highest BCUT2D eigenvalue weighted by Crippen LogP contribution is 2.37. The summed E-state index contributed by atoms with van der Waals surface area (Å²) < 4.78 is 14.8.